The number of carbonyl (C=O) groups excluding carboxylic acids is 1. The molecule has 1 N–H and O–H groups in total. The van der Waals surface area contributed by atoms with Crippen LogP contribution in [0.2, 0.25) is 0 Å². The topological polar surface area (TPSA) is 67.8 Å². The van der Waals surface area contributed by atoms with E-state index in [1.54, 1.807) is 6.20 Å². The van der Waals surface area contributed by atoms with Gasteiger partial charge in [0.15, 0.2) is 12.1 Å². The molecular formula is C26H22F2N4O. The number of hydrogen-bond acceptors (Lipinski definition) is 5. The number of halogens is 2. The predicted molar refractivity (Wildman–Crippen MR) is 124 cm³/mol. The number of anilines is 1. The first-order valence-electron chi connectivity index (χ1n) is 10.6. The van der Waals surface area contributed by atoms with Crippen LogP contribution in [0.3, 0.4) is 0 Å². The van der Waals surface area contributed by atoms with Crippen LogP contribution in [0.5, 0.6) is 0 Å². The van der Waals surface area contributed by atoms with Crippen molar-refractivity contribution in [2.24, 2.45) is 0 Å². The fraction of sp³-hybridized carbons (Fsp3) is 0.154. The fourth-order valence-corrected chi connectivity index (χ4v) is 3.74. The molecule has 1 aliphatic rings. The molecule has 0 amide bonds. The Balaban J connectivity index is 0.000000219. The Morgan fingerprint density at radius 1 is 0.970 bits per heavy atom. The smallest absolute Gasteiger partial charge is 0.161 e. The van der Waals surface area contributed by atoms with Crippen LogP contribution in [0.25, 0.3) is 22.6 Å². The Kier molecular flexibility index (Phi) is 6.78. The maximum atomic E-state index is 12.4. The van der Waals surface area contributed by atoms with Crippen molar-refractivity contribution < 1.29 is 13.6 Å². The molecule has 0 aliphatic heterocycles. The van der Waals surface area contributed by atoms with Crippen LogP contribution < -0.4 is 5.32 Å². The molecule has 2 aromatic heterocycles. The van der Waals surface area contributed by atoms with Crippen molar-refractivity contribution >= 4 is 12.0 Å². The molecule has 0 saturated heterocycles. The molecule has 0 fully saturated rings. The first-order chi connectivity index (χ1) is 16.1. The van der Waals surface area contributed by atoms with Crippen LogP contribution in [0.4, 0.5) is 14.5 Å². The average molecular weight is 444 g/mol. The first kappa shape index (κ1) is 22.2. The summed E-state index contributed by atoms with van der Waals surface area (Å²) in [4.78, 5) is 23.6. The molecule has 5 nitrogen and oxygen atoms in total. The Morgan fingerprint density at radius 3 is 2.42 bits per heavy atom. The highest BCUT2D eigenvalue weighted by atomic mass is 19.1. The quantitative estimate of drug-likeness (QED) is 0.422. The van der Waals surface area contributed by atoms with Gasteiger partial charge in [0.25, 0.3) is 0 Å². The Bertz CT molecular complexity index is 1260. The third kappa shape index (κ3) is 4.92. The van der Waals surface area contributed by atoms with Gasteiger partial charge in [0.2, 0.25) is 0 Å². The van der Waals surface area contributed by atoms with Crippen LogP contribution in [-0.4, -0.2) is 28.3 Å². The molecule has 0 bridgehead atoms. The van der Waals surface area contributed by atoms with E-state index in [1.165, 1.54) is 22.8 Å². The van der Waals surface area contributed by atoms with Crippen molar-refractivity contribution in [3.05, 3.63) is 95.4 Å². The molecule has 166 valence electrons. The first-order valence-corrected chi connectivity index (χ1v) is 10.6. The number of benzene rings is 2. The second-order valence-electron chi connectivity index (χ2n) is 7.54. The molecule has 33 heavy (non-hydrogen) atoms. The Labute approximate surface area is 190 Å². The fourth-order valence-electron chi connectivity index (χ4n) is 3.74. The van der Waals surface area contributed by atoms with Gasteiger partial charge >= 0.3 is 0 Å². The van der Waals surface area contributed by atoms with Crippen LogP contribution in [-0.2, 0) is 12.8 Å². The van der Waals surface area contributed by atoms with Gasteiger partial charge in [-0.2, -0.15) is 0 Å². The number of nitrogens with one attached hydrogen (secondary N) is 1. The zero-order valence-electron chi connectivity index (χ0n) is 18.1. The molecule has 5 rings (SSSR count). The third-order valence-corrected chi connectivity index (χ3v) is 5.44. The van der Waals surface area contributed by atoms with Gasteiger partial charge in [-0.05, 0) is 66.8 Å². The second-order valence-corrected chi connectivity index (χ2v) is 7.54. The highest BCUT2D eigenvalue weighted by molar-refractivity contribution is 5.75. The number of hydrogen-bond donors (Lipinski definition) is 1. The predicted octanol–water partition coefficient (Wildman–Crippen LogP) is 5.51. The zero-order valence-corrected chi connectivity index (χ0v) is 18.1. The van der Waals surface area contributed by atoms with Crippen molar-refractivity contribution in [3.8, 4) is 22.6 Å². The maximum Gasteiger partial charge on any atom is 0.161 e. The summed E-state index contributed by atoms with van der Waals surface area (Å²) in [6.45, 7) is 0. The van der Waals surface area contributed by atoms with Crippen molar-refractivity contribution in [2.45, 2.75) is 19.3 Å². The molecule has 0 atom stereocenters. The summed E-state index contributed by atoms with van der Waals surface area (Å²) in [7, 11) is 1.95. The van der Waals surface area contributed by atoms with Gasteiger partial charge in [-0.3, -0.25) is 9.78 Å². The zero-order chi connectivity index (χ0) is 23.2. The lowest BCUT2D eigenvalue weighted by atomic mass is 10.0. The van der Waals surface area contributed by atoms with E-state index in [0.29, 0.717) is 0 Å². The SMILES string of the molecule is CNc1ccc2c(c1)CCCc1cnc(-c3cccnc3)nc1-2.O=Cc1c(F)cccc1F. The van der Waals surface area contributed by atoms with Gasteiger partial charge in [0.05, 0.1) is 11.3 Å². The van der Waals surface area contributed by atoms with E-state index in [1.807, 2.05) is 31.6 Å². The highest BCUT2D eigenvalue weighted by Gasteiger charge is 2.18. The summed E-state index contributed by atoms with van der Waals surface area (Å²) >= 11 is 0. The Morgan fingerprint density at radius 2 is 1.76 bits per heavy atom. The molecule has 4 aromatic rings. The average Bonchev–Trinajstić information content (AvgIpc) is 3.03. The largest absolute Gasteiger partial charge is 0.388 e. The molecule has 0 unspecified atom stereocenters. The number of aryl methyl sites for hydroxylation is 2. The summed E-state index contributed by atoms with van der Waals surface area (Å²) in [6, 6.07) is 13.7. The molecule has 7 heteroatoms. The summed E-state index contributed by atoms with van der Waals surface area (Å²) in [5.41, 5.74) is 6.46. The van der Waals surface area contributed by atoms with E-state index in [0.717, 1.165) is 54.2 Å². The normalized spacial score (nSPS) is 11.8. The summed E-state index contributed by atoms with van der Waals surface area (Å²) in [6.07, 6.45) is 8.93. The molecule has 0 saturated carbocycles. The van der Waals surface area contributed by atoms with Gasteiger partial charge in [-0.1, -0.05) is 12.1 Å². The van der Waals surface area contributed by atoms with Gasteiger partial charge in [-0.15, -0.1) is 0 Å². The number of aldehydes is 1. The van der Waals surface area contributed by atoms with E-state index in [9.17, 15) is 13.6 Å². The van der Waals surface area contributed by atoms with E-state index in [2.05, 4.69) is 33.5 Å². The van der Waals surface area contributed by atoms with Gasteiger partial charge in [0, 0.05) is 42.5 Å². The lowest BCUT2D eigenvalue weighted by Gasteiger charge is -2.11. The van der Waals surface area contributed by atoms with Crippen LogP contribution in [0.15, 0.2) is 67.1 Å². The third-order valence-electron chi connectivity index (χ3n) is 5.44. The molecule has 1 aliphatic carbocycles. The monoisotopic (exact) mass is 444 g/mol. The number of pyridine rings is 1. The van der Waals surface area contributed by atoms with E-state index >= 15 is 0 Å². The summed E-state index contributed by atoms with van der Waals surface area (Å²) in [5, 5.41) is 3.22. The van der Waals surface area contributed by atoms with E-state index in [-0.39, 0.29) is 6.29 Å². The highest BCUT2D eigenvalue weighted by Crippen LogP contribution is 2.33. The number of nitrogens with zero attached hydrogens (tertiary/aromatic N) is 3. The van der Waals surface area contributed by atoms with Crippen LogP contribution in [0.1, 0.15) is 27.9 Å². The second kappa shape index (κ2) is 10.1. The molecule has 2 aromatic carbocycles. The molecule has 0 spiro atoms. The van der Waals surface area contributed by atoms with Crippen molar-refractivity contribution in [1.82, 2.24) is 15.0 Å². The lowest BCUT2D eigenvalue weighted by Crippen LogP contribution is -1.98. The van der Waals surface area contributed by atoms with E-state index in [4.69, 9.17) is 4.98 Å². The minimum Gasteiger partial charge on any atom is -0.388 e. The maximum absolute atomic E-state index is 12.4. The number of carbonyl (C=O) groups is 1. The number of fused-ring (bicyclic) bond motifs is 3. The van der Waals surface area contributed by atoms with Crippen molar-refractivity contribution in [3.63, 3.8) is 0 Å². The van der Waals surface area contributed by atoms with Crippen molar-refractivity contribution in [2.75, 3.05) is 12.4 Å². The Hall–Kier alpha value is -4.00. The van der Waals surface area contributed by atoms with Crippen LogP contribution >= 0.6 is 0 Å². The molecule has 2 heterocycles. The van der Waals surface area contributed by atoms with Gasteiger partial charge < -0.3 is 5.32 Å². The van der Waals surface area contributed by atoms with E-state index < -0.39 is 17.2 Å². The van der Waals surface area contributed by atoms with Gasteiger partial charge in [-0.25, -0.2) is 18.7 Å². The molecular weight excluding hydrogens is 422 g/mol. The molecule has 0 radical (unpaired) electrons. The summed E-state index contributed by atoms with van der Waals surface area (Å²) < 4.78 is 24.8. The minimum absolute atomic E-state index is 0.157. The lowest BCUT2D eigenvalue weighted by molar-refractivity contribution is 0.111. The van der Waals surface area contributed by atoms with Crippen molar-refractivity contribution in [1.29, 1.82) is 0 Å². The minimum atomic E-state index is -0.824. The number of rotatable bonds is 3. The van der Waals surface area contributed by atoms with Crippen LogP contribution in [0, 0.1) is 11.6 Å². The number of aromatic nitrogens is 3. The van der Waals surface area contributed by atoms with Gasteiger partial charge in [0.1, 0.15) is 11.6 Å². The standard InChI is InChI=1S/C19H18N4.C7H4F2O/c1-20-16-7-8-17-13(10-16)4-2-5-14-12-22-19(23-18(14)17)15-6-3-9-21-11-15;8-6-2-1-3-7(9)5(6)4-10/h3,6-12,20H,2,4-5H2,1H3;1-4H. The summed E-state index contributed by atoms with van der Waals surface area (Å²) in [5.74, 6) is -0.910.